The molecular weight excluding hydrogens is 231 g/mol. The van der Waals surface area contributed by atoms with Gasteiger partial charge in [-0.15, -0.1) is 0 Å². The summed E-state index contributed by atoms with van der Waals surface area (Å²) in [6, 6.07) is 5.76. The summed E-state index contributed by atoms with van der Waals surface area (Å²) in [6.45, 7) is 1.31. The first kappa shape index (κ1) is 12.8. The van der Waals surface area contributed by atoms with Crippen LogP contribution in [0.3, 0.4) is 0 Å². The van der Waals surface area contributed by atoms with E-state index in [4.69, 9.17) is 0 Å². The van der Waals surface area contributed by atoms with Crippen molar-refractivity contribution in [2.24, 2.45) is 0 Å². The molecule has 96 valence electrons. The van der Waals surface area contributed by atoms with Crippen molar-refractivity contribution >= 4 is 5.91 Å². The molecule has 0 aromatic heterocycles. The Kier molecular flexibility index (Phi) is 3.77. The van der Waals surface area contributed by atoms with Crippen LogP contribution in [0.2, 0.25) is 0 Å². The molecule has 0 aliphatic carbocycles. The molecule has 0 bridgehead atoms. The average molecular weight is 248 g/mol. The van der Waals surface area contributed by atoms with Crippen molar-refractivity contribution < 1.29 is 9.18 Å². The van der Waals surface area contributed by atoms with E-state index < -0.39 is 0 Å². The Labute approximate surface area is 107 Å². The monoisotopic (exact) mass is 248 g/mol. The van der Waals surface area contributed by atoms with Crippen molar-refractivity contribution in [1.82, 2.24) is 9.80 Å². The summed E-state index contributed by atoms with van der Waals surface area (Å²) in [5, 5.41) is 0. The summed E-state index contributed by atoms with van der Waals surface area (Å²) in [5.74, 6) is -0.233. The van der Waals surface area contributed by atoms with Crippen molar-refractivity contribution in [1.29, 1.82) is 0 Å². The molecule has 0 fully saturated rings. The van der Waals surface area contributed by atoms with E-state index in [-0.39, 0.29) is 17.8 Å². The number of likely N-dealkylation sites (N-methyl/N-ethyl adjacent to an activating group) is 1. The second-order valence-electron chi connectivity index (χ2n) is 4.63. The SMILES string of the molecule is CN(C)C(C(=O)N1CC=CC1)c1ccc(F)cc1. The highest BCUT2D eigenvalue weighted by atomic mass is 19.1. The summed E-state index contributed by atoms with van der Waals surface area (Å²) in [7, 11) is 3.71. The Morgan fingerprint density at radius 3 is 2.28 bits per heavy atom. The fraction of sp³-hybridized carbons (Fsp3) is 0.357. The number of hydrogen-bond donors (Lipinski definition) is 0. The van der Waals surface area contributed by atoms with Gasteiger partial charge in [-0.3, -0.25) is 9.69 Å². The molecule has 1 amide bonds. The second-order valence-corrected chi connectivity index (χ2v) is 4.63. The normalized spacial score (nSPS) is 16.3. The van der Waals surface area contributed by atoms with Gasteiger partial charge in [-0.05, 0) is 31.8 Å². The van der Waals surface area contributed by atoms with Crippen LogP contribution in [0.25, 0.3) is 0 Å². The van der Waals surface area contributed by atoms with Crippen LogP contribution >= 0.6 is 0 Å². The molecule has 0 saturated heterocycles. The van der Waals surface area contributed by atoms with Crippen molar-refractivity contribution in [3.63, 3.8) is 0 Å². The molecule has 18 heavy (non-hydrogen) atoms. The van der Waals surface area contributed by atoms with Crippen molar-refractivity contribution in [3.05, 3.63) is 47.8 Å². The number of hydrogen-bond acceptors (Lipinski definition) is 2. The van der Waals surface area contributed by atoms with Crippen molar-refractivity contribution in [3.8, 4) is 0 Å². The first-order valence-electron chi connectivity index (χ1n) is 5.95. The molecule has 1 unspecified atom stereocenters. The first-order valence-corrected chi connectivity index (χ1v) is 5.95. The summed E-state index contributed by atoms with van der Waals surface area (Å²) < 4.78 is 12.9. The molecule has 1 aliphatic heterocycles. The van der Waals surface area contributed by atoms with E-state index >= 15 is 0 Å². The van der Waals surface area contributed by atoms with Gasteiger partial charge in [-0.2, -0.15) is 0 Å². The summed E-state index contributed by atoms with van der Waals surface area (Å²) in [4.78, 5) is 16.1. The van der Waals surface area contributed by atoms with E-state index in [1.807, 2.05) is 31.1 Å². The number of rotatable bonds is 3. The fourth-order valence-corrected chi connectivity index (χ4v) is 2.14. The maximum Gasteiger partial charge on any atom is 0.245 e. The first-order chi connectivity index (χ1) is 8.59. The van der Waals surface area contributed by atoms with Crippen molar-refractivity contribution in [2.45, 2.75) is 6.04 Å². The lowest BCUT2D eigenvalue weighted by molar-refractivity contribution is -0.134. The van der Waals surface area contributed by atoms with E-state index in [2.05, 4.69) is 0 Å². The summed E-state index contributed by atoms with van der Waals surface area (Å²) in [5.41, 5.74) is 0.818. The summed E-state index contributed by atoms with van der Waals surface area (Å²) in [6.07, 6.45) is 3.96. The van der Waals surface area contributed by atoms with Crippen LogP contribution in [0.15, 0.2) is 36.4 Å². The molecule has 0 N–H and O–H groups in total. The van der Waals surface area contributed by atoms with Gasteiger partial charge in [0.15, 0.2) is 0 Å². The van der Waals surface area contributed by atoms with Crippen LogP contribution in [-0.2, 0) is 4.79 Å². The molecule has 1 aromatic carbocycles. The quantitative estimate of drug-likeness (QED) is 0.762. The van der Waals surface area contributed by atoms with Crippen molar-refractivity contribution in [2.75, 3.05) is 27.2 Å². The highest BCUT2D eigenvalue weighted by Crippen LogP contribution is 2.22. The van der Waals surface area contributed by atoms with Crippen LogP contribution < -0.4 is 0 Å². The molecule has 1 heterocycles. The van der Waals surface area contributed by atoms with Gasteiger partial charge in [-0.1, -0.05) is 24.3 Å². The Balaban J connectivity index is 2.22. The van der Waals surface area contributed by atoms with E-state index in [1.54, 1.807) is 17.0 Å². The van der Waals surface area contributed by atoms with Crippen LogP contribution in [0.4, 0.5) is 4.39 Å². The molecule has 4 heteroatoms. The van der Waals surface area contributed by atoms with Crippen LogP contribution in [0.5, 0.6) is 0 Å². The minimum atomic E-state index is -0.356. The number of carbonyl (C=O) groups excluding carboxylic acids is 1. The highest BCUT2D eigenvalue weighted by Gasteiger charge is 2.27. The van der Waals surface area contributed by atoms with E-state index in [1.165, 1.54) is 12.1 Å². The van der Waals surface area contributed by atoms with Crippen LogP contribution in [0, 0.1) is 5.82 Å². The topological polar surface area (TPSA) is 23.6 Å². The number of carbonyl (C=O) groups is 1. The highest BCUT2D eigenvalue weighted by molar-refractivity contribution is 5.83. The van der Waals surface area contributed by atoms with Crippen LogP contribution in [0.1, 0.15) is 11.6 Å². The predicted molar refractivity (Wildman–Crippen MR) is 68.5 cm³/mol. The number of nitrogens with zero attached hydrogens (tertiary/aromatic N) is 2. The number of amides is 1. The van der Waals surface area contributed by atoms with Gasteiger partial charge < -0.3 is 4.90 Å². The molecule has 0 saturated carbocycles. The maximum absolute atomic E-state index is 12.9. The average Bonchev–Trinajstić information content (AvgIpc) is 2.85. The molecule has 1 atom stereocenters. The molecule has 3 nitrogen and oxygen atoms in total. The maximum atomic E-state index is 12.9. The molecule has 1 aromatic rings. The number of benzene rings is 1. The largest absolute Gasteiger partial charge is 0.334 e. The van der Waals surface area contributed by atoms with E-state index in [0.29, 0.717) is 13.1 Å². The Morgan fingerprint density at radius 1 is 1.22 bits per heavy atom. The van der Waals surface area contributed by atoms with Gasteiger partial charge in [-0.25, -0.2) is 4.39 Å². The van der Waals surface area contributed by atoms with Crippen LogP contribution in [-0.4, -0.2) is 42.9 Å². The molecule has 0 radical (unpaired) electrons. The van der Waals surface area contributed by atoms with Gasteiger partial charge in [0.2, 0.25) is 5.91 Å². The standard InChI is InChI=1S/C14H17FN2O/c1-16(2)13(11-5-7-12(15)8-6-11)14(18)17-9-3-4-10-17/h3-8,13H,9-10H2,1-2H3. The zero-order valence-corrected chi connectivity index (χ0v) is 10.6. The van der Waals surface area contributed by atoms with Gasteiger partial charge in [0.1, 0.15) is 11.9 Å². The third-order valence-corrected chi connectivity index (χ3v) is 3.07. The van der Waals surface area contributed by atoms with Gasteiger partial charge in [0.25, 0.3) is 0 Å². The lowest BCUT2D eigenvalue weighted by Gasteiger charge is -2.28. The zero-order chi connectivity index (χ0) is 13.1. The van der Waals surface area contributed by atoms with E-state index in [0.717, 1.165) is 5.56 Å². The lowest BCUT2D eigenvalue weighted by atomic mass is 10.0. The number of halogens is 1. The zero-order valence-electron chi connectivity index (χ0n) is 10.6. The summed E-state index contributed by atoms with van der Waals surface area (Å²) >= 11 is 0. The molecule has 2 rings (SSSR count). The van der Waals surface area contributed by atoms with E-state index in [9.17, 15) is 9.18 Å². The third kappa shape index (κ3) is 2.59. The third-order valence-electron chi connectivity index (χ3n) is 3.07. The Morgan fingerprint density at radius 2 is 1.78 bits per heavy atom. The van der Waals surface area contributed by atoms with Gasteiger partial charge in [0, 0.05) is 13.1 Å². The van der Waals surface area contributed by atoms with Gasteiger partial charge >= 0.3 is 0 Å². The Hall–Kier alpha value is -1.68. The molecule has 0 spiro atoms. The minimum absolute atomic E-state index is 0.0524. The minimum Gasteiger partial charge on any atom is -0.334 e. The fourth-order valence-electron chi connectivity index (χ4n) is 2.14. The van der Waals surface area contributed by atoms with Gasteiger partial charge in [0.05, 0.1) is 0 Å². The smallest absolute Gasteiger partial charge is 0.245 e. The molecule has 1 aliphatic rings. The Bertz CT molecular complexity index is 445. The molecular formula is C14H17FN2O. The second kappa shape index (κ2) is 5.31. The predicted octanol–water partition coefficient (Wildman–Crippen LogP) is 1.83. The lowest BCUT2D eigenvalue weighted by Crippen LogP contribution is -2.39.